The van der Waals surface area contributed by atoms with E-state index in [0.29, 0.717) is 5.69 Å². The van der Waals surface area contributed by atoms with Crippen molar-refractivity contribution in [3.05, 3.63) is 42.2 Å². The lowest BCUT2D eigenvalue weighted by Gasteiger charge is -2.12. The van der Waals surface area contributed by atoms with Gasteiger partial charge < -0.3 is 10.4 Å². The van der Waals surface area contributed by atoms with Crippen molar-refractivity contribution >= 4 is 5.91 Å². The van der Waals surface area contributed by atoms with Gasteiger partial charge in [0, 0.05) is 24.8 Å². The average Bonchev–Trinajstić information content (AvgIpc) is 2.78. The van der Waals surface area contributed by atoms with E-state index in [1.54, 1.807) is 24.4 Å². The van der Waals surface area contributed by atoms with Crippen molar-refractivity contribution in [3.8, 4) is 0 Å². The highest BCUT2D eigenvalue weighted by Gasteiger charge is 2.20. The minimum Gasteiger partial charge on any atom is -0.396 e. The molecule has 1 amide bonds. The molecule has 2 rings (SSSR count). The van der Waals surface area contributed by atoms with Crippen LogP contribution in [0, 0.1) is 5.92 Å². The number of pyridine rings is 1. The predicted molar refractivity (Wildman–Crippen MR) is 59.8 cm³/mol. The molecule has 0 radical (unpaired) electrons. The van der Waals surface area contributed by atoms with Crippen molar-refractivity contribution in [1.82, 2.24) is 10.3 Å². The lowest BCUT2D eigenvalue weighted by Crippen LogP contribution is -2.33. The summed E-state index contributed by atoms with van der Waals surface area (Å²) in [6.07, 6.45) is 6.20. The van der Waals surface area contributed by atoms with Crippen LogP contribution in [-0.2, 0) is 0 Å². The lowest BCUT2D eigenvalue weighted by atomic mass is 10.1. The summed E-state index contributed by atoms with van der Waals surface area (Å²) >= 11 is 0. The molecule has 1 heterocycles. The molecule has 0 saturated carbocycles. The van der Waals surface area contributed by atoms with E-state index in [-0.39, 0.29) is 24.5 Å². The van der Waals surface area contributed by atoms with Gasteiger partial charge in [0.05, 0.1) is 0 Å². The molecule has 1 aromatic rings. The number of nitrogens with zero attached hydrogens (tertiary/aromatic N) is 1. The first kappa shape index (κ1) is 10.8. The Morgan fingerprint density at radius 1 is 1.50 bits per heavy atom. The van der Waals surface area contributed by atoms with Gasteiger partial charge in [-0.2, -0.15) is 0 Å². The third-order valence-electron chi connectivity index (χ3n) is 2.62. The van der Waals surface area contributed by atoms with Gasteiger partial charge in [0.15, 0.2) is 0 Å². The van der Waals surface area contributed by atoms with Crippen LogP contribution in [-0.4, -0.2) is 28.6 Å². The number of aliphatic hydroxyl groups excluding tert-OH is 1. The summed E-state index contributed by atoms with van der Waals surface area (Å²) in [5, 5.41) is 11.8. The van der Waals surface area contributed by atoms with Gasteiger partial charge >= 0.3 is 0 Å². The maximum atomic E-state index is 11.7. The highest BCUT2D eigenvalue weighted by Crippen LogP contribution is 2.17. The van der Waals surface area contributed by atoms with Crippen molar-refractivity contribution < 1.29 is 9.90 Å². The Morgan fingerprint density at radius 3 is 3.00 bits per heavy atom. The fourth-order valence-electron chi connectivity index (χ4n) is 1.76. The Morgan fingerprint density at radius 2 is 2.38 bits per heavy atom. The monoisotopic (exact) mass is 218 g/mol. The zero-order chi connectivity index (χ0) is 11.4. The molecular weight excluding hydrogens is 204 g/mol. The van der Waals surface area contributed by atoms with Crippen LogP contribution in [0.4, 0.5) is 0 Å². The Balaban J connectivity index is 1.92. The van der Waals surface area contributed by atoms with Gasteiger partial charge in [-0.25, -0.2) is 0 Å². The standard InChI is InChI=1S/C12H14N2O2/c15-8-9-4-5-10(7-9)14-12(16)11-3-1-2-6-13-11/h1-6,9-10,15H,7-8H2,(H,14,16)/t9-,10+/m0/s1. The number of rotatable bonds is 3. The highest BCUT2D eigenvalue weighted by molar-refractivity contribution is 5.92. The molecule has 0 unspecified atom stereocenters. The van der Waals surface area contributed by atoms with Crippen molar-refractivity contribution in [2.24, 2.45) is 5.92 Å². The molecule has 0 saturated heterocycles. The molecule has 0 fully saturated rings. The Bertz CT molecular complexity index is 389. The van der Waals surface area contributed by atoms with E-state index < -0.39 is 0 Å². The van der Waals surface area contributed by atoms with Gasteiger partial charge in [-0.3, -0.25) is 9.78 Å². The lowest BCUT2D eigenvalue weighted by molar-refractivity contribution is 0.0936. The van der Waals surface area contributed by atoms with E-state index in [0.717, 1.165) is 6.42 Å². The number of hydrogen-bond acceptors (Lipinski definition) is 3. The molecule has 1 aliphatic carbocycles. The van der Waals surface area contributed by atoms with Crippen molar-refractivity contribution in [1.29, 1.82) is 0 Å². The van der Waals surface area contributed by atoms with Crippen LogP contribution in [0.3, 0.4) is 0 Å². The van der Waals surface area contributed by atoms with Crippen molar-refractivity contribution in [3.63, 3.8) is 0 Å². The van der Waals surface area contributed by atoms with E-state index >= 15 is 0 Å². The van der Waals surface area contributed by atoms with Gasteiger partial charge in [-0.1, -0.05) is 18.2 Å². The third-order valence-corrected chi connectivity index (χ3v) is 2.62. The second-order valence-electron chi connectivity index (χ2n) is 3.86. The SMILES string of the molecule is O=C(N[C@@H]1C=C[C@H](CO)C1)c1ccccn1. The van der Waals surface area contributed by atoms with E-state index in [1.807, 2.05) is 12.2 Å². The zero-order valence-corrected chi connectivity index (χ0v) is 8.84. The number of hydrogen-bond donors (Lipinski definition) is 2. The second-order valence-corrected chi connectivity index (χ2v) is 3.86. The summed E-state index contributed by atoms with van der Waals surface area (Å²) in [6.45, 7) is 0.131. The topological polar surface area (TPSA) is 62.2 Å². The van der Waals surface area contributed by atoms with Crippen LogP contribution in [0.2, 0.25) is 0 Å². The quantitative estimate of drug-likeness (QED) is 0.736. The molecule has 1 aliphatic rings. The van der Waals surface area contributed by atoms with Crippen LogP contribution in [0.5, 0.6) is 0 Å². The largest absolute Gasteiger partial charge is 0.396 e. The summed E-state index contributed by atoms with van der Waals surface area (Å²) in [6, 6.07) is 5.24. The minimum atomic E-state index is -0.172. The van der Waals surface area contributed by atoms with Gasteiger partial charge in [0.1, 0.15) is 5.69 Å². The fourth-order valence-corrected chi connectivity index (χ4v) is 1.76. The van der Waals surface area contributed by atoms with Gasteiger partial charge in [-0.05, 0) is 18.6 Å². The van der Waals surface area contributed by atoms with Crippen LogP contribution in [0.25, 0.3) is 0 Å². The molecule has 0 aliphatic heterocycles. The highest BCUT2D eigenvalue weighted by atomic mass is 16.3. The van der Waals surface area contributed by atoms with Gasteiger partial charge in [-0.15, -0.1) is 0 Å². The number of carbonyl (C=O) groups is 1. The number of aliphatic hydroxyl groups is 1. The van der Waals surface area contributed by atoms with E-state index in [2.05, 4.69) is 10.3 Å². The van der Waals surface area contributed by atoms with Gasteiger partial charge in [0.25, 0.3) is 5.91 Å². The Hall–Kier alpha value is -1.68. The number of aromatic nitrogens is 1. The number of amides is 1. The Labute approximate surface area is 94.0 Å². The molecule has 16 heavy (non-hydrogen) atoms. The number of carbonyl (C=O) groups excluding carboxylic acids is 1. The molecule has 0 spiro atoms. The molecule has 1 aromatic heterocycles. The smallest absolute Gasteiger partial charge is 0.270 e. The third kappa shape index (κ3) is 2.46. The molecule has 2 N–H and O–H groups in total. The maximum Gasteiger partial charge on any atom is 0.270 e. The normalized spacial score (nSPS) is 23.3. The molecule has 84 valence electrons. The van der Waals surface area contributed by atoms with Crippen LogP contribution in [0.1, 0.15) is 16.9 Å². The molecular formula is C12H14N2O2. The zero-order valence-electron chi connectivity index (χ0n) is 8.84. The first-order valence-corrected chi connectivity index (χ1v) is 5.30. The minimum absolute atomic E-state index is 0.00616. The van der Waals surface area contributed by atoms with Crippen LogP contribution < -0.4 is 5.32 Å². The van der Waals surface area contributed by atoms with Crippen LogP contribution >= 0.6 is 0 Å². The predicted octanol–water partition coefficient (Wildman–Crippen LogP) is 0.748. The maximum absolute atomic E-state index is 11.7. The number of nitrogens with one attached hydrogen (secondary N) is 1. The van der Waals surface area contributed by atoms with Gasteiger partial charge in [0.2, 0.25) is 0 Å². The van der Waals surface area contributed by atoms with Crippen LogP contribution in [0.15, 0.2) is 36.5 Å². The molecule has 2 atom stereocenters. The molecule has 4 nitrogen and oxygen atoms in total. The Kier molecular flexibility index (Phi) is 3.31. The second kappa shape index (κ2) is 4.90. The van der Waals surface area contributed by atoms with Crippen molar-refractivity contribution in [2.45, 2.75) is 12.5 Å². The fraction of sp³-hybridized carbons (Fsp3) is 0.333. The molecule has 4 heteroatoms. The summed E-state index contributed by atoms with van der Waals surface area (Å²) in [5.41, 5.74) is 0.420. The van der Waals surface area contributed by atoms with Crippen molar-refractivity contribution in [2.75, 3.05) is 6.61 Å². The molecule has 0 bridgehead atoms. The first-order chi connectivity index (χ1) is 7.79. The summed E-state index contributed by atoms with van der Waals surface area (Å²) in [7, 11) is 0. The van der Waals surface area contributed by atoms with E-state index in [1.165, 1.54) is 0 Å². The van der Waals surface area contributed by atoms with E-state index in [4.69, 9.17) is 5.11 Å². The summed E-state index contributed by atoms with van der Waals surface area (Å²) in [4.78, 5) is 15.7. The summed E-state index contributed by atoms with van der Waals surface area (Å²) in [5.74, 6) is -0.0112. The van der Waals surface area contributed by atoms with E-state index in [9.17, 15) is 4.79 Å². The average molecular weight is 218 g/mol. The molecule has 0 aromatic carbocycles. The first-order valence-electron chi connectivity index (χ1n) is 5.30. The summed E-state index contributed by atoms with van der Waals surface area (Å²) < 4.78 is 0.